The van der Waals surface area contributed by atoms with Gasteiger partial charge in [0.25, 0.3) is 5.91 Å². The minimum Gasteiger partial charge on any atom is -0.455 e. The van der Waals surface area contributed by atoms with Gasteiger partial charge >= 0.3 is 0 Å². The number of nitrogens with zero attached hydrogens (tertiary/aromatic N) is 1. The Bertz CT molecular complexity index is 592. The summed E-state index contributed by atoms with van der Waals surface area (Å²) in [5, 5.41) is 5.08. The second kappa shape index (κ2) is 7.06. The maximum atomic E-state index is 12.4. The van der Waals surface area contributed by atoms with Crippen molar-refractivity contribution in [3.8, 4) is 0 Å². The van der Waals surface area contributed by atoms with Gasteiger partial charge in [-0.3, -0.25) is 4.79 Å². The van der Waals surface area contributed by atoms with Crippen molar-refractivity contribution in [3.05, 3.63) is 17.6 Å². The molecule has 0 bridgehead atoms. The molecule has 0 radical (unpaired) electrons. The summed E-state index contributed by atoms with van der Waals surface area (Å²) in [5.41, 5.74) is 0. The molecule has 0 aromatic carbocycles. The molecule has 7 nitrogen and oxygen atoms in total. The van der Waals surface area contributed by atoms with Crippen molar-refractivity contribution in [3.63, 3.8) is 0 Å². The first-order chi connectivity index (χ1) is 9.66. The topological polar surface area (TPSA) is 103 Å². The second-order valence-electron chi connectivity index (χ2n) is 5.21. The third-order valence-electron chi connectivity index (χ3n) is 2.83. The van der Waals surface area contributed by atoms with Gasteiger partial charge in [-0.1, -0.05) is 13.8 Å². The normalized spacial score (nSPS) is 11.9. The SMILES string of the molecule is COCCN(CC(C)C)C(=O)c1cc(S(N)(=O)=O)c(C)o1. The lowest BCUT2D eigenvalue weighted by Gasteiger charge is -2.23. The number of aryl methyl sites for hydroxylation is 1. The molecule has 0 fully saturated rings. The van der Waals surface area contributed by atoms with E-state index < -0.39 is 10.0 Å². The first-order valence-corrected chi connectivity index (χ1v) is 8.13. The van der Waals surface area contributed by atoms with E-state index in [1.165, 1.54) is 13.0 Å². The standard InChI is InChI=1S/C13H22N2O5S/c1-9(2)8-15(5-6-19-4)13(16)11-7-12(10(3)20-11)21(14,17)18/h7,9H,5-6,8H2,1-4H3,(H2,14,17,18). The number of sulfonamides is 1. The summed E-state index contributed by atoms with van der Waals surface area (Å²) in [6.45, 7) is 6.73. The van der Waals surface area contributed by atoms with Gasteiger partial charge in [0.05, 0.1) is 6.61 Å². The minimum atomic E-state index is -3.90. The van der Waals surface area contributed by atoms with Gasteiger partial charge in [-0.05, 0) is 12.8 Å². The van der Waals surface area contributed by atoms with Crippen LogP contribution in [0, 0.1) is 12.8 Å². The van der Waals surface area contributed by atoms with Crippen molar-refractivity contribution in [1.29, 1.82) is 0 Å². The number of hydrogen-bond acceptors (Lipinski definition) is 5. The van der Waals surface area contributed by atoms with E-state index in [0.717, 1.165) is 0 Å². The van der Waals surface area contributed by atoms with Gasteiger partial charge in [-0.2, -0.15) is 0 Å². The summed E-state index contributed by atoms with van der Waals surface area (Å²) in [6.07, 6.45) is 0. The van der Waals surface area contributed by atoms with Crippen molar-refractivity contribution in [1.82, 2.24) is 4.90 Å². The van der Waals surface area contributed by atoms with Gasteiger partial charge in [0.1, 0.15) is 10.7 Å². The molecule has 0 atom stereocenters. The molecule has 1 rings (SSSR count). The van der Waals surface area contributed by atoms with E-state index in [-0.39, 0.29) is 28.2 Å². The average Bonchev–Trinajstić information content (AvgIpc) is 2.75. The van der Waals surface area contributed by atoms with Crippen LogP contribution in [-0.4, -0.2) is 46.0 Å². The van der Waals surface area contributed by atoms with E-state index in [9.17, 15) is 13.2 Å². The molecule has 1 amide bonds. The Kier molecular flexibility index (Phi) is 5.94. The third kappa shape index (κ3) is 4.83. The first-order valence-electron chi connectivity index (χ1n) is 6.58. The van der Waals surface area contributed by atoms with Gasteiger partial charge in [0.2, 0.25) is 10.0 Å². The van der Waals surface area contributed by atoms with E-state index in [1.54, 1.807) is 12.0 Å². The number of furan rings is 1. The van der Waals surface area contributed by atoms with Crippen molar-refractivity contribution < 1.29 is 22.4 Å². The third-order valence-corrected chi connectivity index (χ3v) is 3.85. The number of hydrogen-bond donors (Lipinski definition) is 1. The van der Waals surface area contributed by atoms with Crippen LogP contribution in [-0.2, 0) is 14.8 Å². The molecule has 2 N–H and O–H groups in total. The van der Waals surface area contributed by atoms with Crippen LogP contribution in [0.15, 0.2) is 15.4 Å². The lowest BCUT2D eigenvalue weighted by molar-refractivity contribution is 0.0640. The van der Waals surface area contributed by atoms with Gasteiger partial charge in [-0.25, -0.2) is 13.6 Å². The molecule has 8 heteroatoms. The Balaban J connectivity index is 3.03. The van der Waals surface area contributed by atoms with Crippen molar-refractivity contribution in [2.24, 2.45) is 11.1 Å². The monoisotopic (exact) mass is 318 g/mol. The number of carbonyl (C=O) groups is 1. The number of ether oxygens (including phenoxy) is 1. The number of primary sulfonamides is 1. The molecule has 1 aromatic heterocycles. The van der Waals surface area contributed by atoms with E-state index in [2.05, 4.69) is 0 Å². The maximum absolute atomic E-state index is 12.4. The van der Waals surface area contributed by atoms with Crippen LogP contribution in [0.25, 0.3) is 0 Å². The van der Waals surface area contributed by atoms with Crippen LogP contribution < -0.4 is 5.14 Å². The van der Waals surface area contributed by atoms with Crippen molar-refractivity contribution in [2.75, 3.05) is 26.8 Å². The quantitative estimate of drug-likeness (QED) is 0.807. The van der Waals surface area contributed by atoms with Gasteiger partial charge in [0.15, 0.2) is 5.76 Å². The molecule has 0 spiro atoms. The highest BCUT2D eigenvalue weighted by Crippen LogP contribution is 2.20. The van der Waals surface area contributed by atoms with Crippen molar-refractivity contribution >= 4 is 15.9 Å². The molecule has 1 aromatic rings. The summed E-state index contributed by atoms with van der Waals surface area (Å²) in [7, 11) is -2.35. The zero-order valence-electron chi connectivity index (χ0n) is 12.8. The lowest BCUT2D eigenvalue weighted by Crippen LogP contribution is -2.36. The van der Waals surface area contributed by atoms with E-state index in [1.807, 2.05) is 13.8 Å². The zero-order chi connectivity index (χ0) is 16.2. The highest BCUT2D eigenvalue weighted by Gasteiger charge is 2.24. The largest absolute Gasteiger partial charge is 0.455 e. The van der Waals surface area contributed by atoms with Crippen LogP contribution >= 0.6 is 0 Å². The summed E-state index contributed by atoms with van der Waals surface area (Å²) >= 11 is 0. The second-order valence-corrected chi connectivity index (χ2v) is 6.74. The fraction of sp³-hybridized carbons (Fsp3) is 0.615. The lowest BCUT2D eigenvalue weighted by atomic mass is 10.2. The molecule has 21 heavy (non-hydrogen) atoms. The molecule has 120 valence electrons. The Hall–Kier alpha value is -1.38. The molecule has 0 aliphatic heterocycles. The molecule has 0 unspecified atom stereocenters. The maximum Gasteiger partial charge on any atom is 0.289 e. The van der Waals surface area contributed by atoms with E-state index in [4.69, 9.17) is 14.3 Å². The Morgan fingerprint density at radius 1 is 1.48 bits per heavy atom. The highest BCUT2D eigenvalue weighted by atomic mass is 32.2. The number of amides is 1. The fourth-order valence-electron chi connectivity index (χ4n) is 1.93. The molecular formula is C13H22N2O5S. The fourth-order valence-corrected chi connectivity index (χ4v) is 2.64. The van der Waals surface area contributed by atoms with Gasteiger partial charge in [-0.15, -0.1) is 0 Å². The van der Waals surface area contributed by atoms with Crippen molar-refractivity contribution in [2.45, 2.75) is 25.7 Å². The number of nitrogens with two attached hydrogens (primary N) is 1. The average molecular weight is 318 g/mol. The number of carbonyl (C=O) groups excluding carboxylic acids is 1. The van der Waals surface area contributed by atoms with Crippen LogP contribution in [0.5, 0.6) is 0 Å². The highest BCUT2D eigenvalue weighted by molar-refractivity contribution is 7.89. The van der Waals surface area contributed by atoms with Gasteiger partial charge < -0.3 is 14.1 Å². The molecule has 0 saturated carbocycles. The molecular weight excluding hydrogens is 296 g/mol. The summed E-state index contributed by atoms with van der Waals surface area (Å²) in [6, 6.07) is 1.17. The Morgan fingerprint density at radius 2 is 2.10 bits per heavy atom. The molecule has 1 heterocycles. The predicted molar refractivity (Wildman–Crippen MR) is 77.4 cm³/mol. The summed E-state index contributed by atoms with van der Waals surface area (Å²) in [4.78, 5) is 13.8. The molecule has 0 aliphatic carbocycles. The molecule has 0 saturated heterocycles. The number of methoxy groups -OCH3 is 1. The smallest absolute Gasteiger partial charge is 0.289 e. The predicted octanol–water partition coefficient (Wildman–Crippen LogP) is 0.980. The van der Waals surface area contributed by atoms with Crippen LogP contribution in [0.3, 0.4) is 0 Å². The zero-order valence-corrected chi connectivity index (χ0v) is 13.6. The van der Waals surface area contributed by atoms with E-state index in [0.29, 0.717) is 19.7 Å². The van der Waals surface area contributed by atoms with Crippen LogP contribution in [0.1, 0.15) is 30.2 Å². The van der Waals surface area contributed by atoms with E-state index >= 15 is 0 Å². The van der Waals surface area contributed by atoms with Crippen LogP contribution in [0.2, 0.25) is 0 Å². The minimum absolute atomic E-state index is 0.0340. The Labute approximate surface area is 125 Å². The first kappa shape index (κ1) is 17.7. The number of rotatable bonds is 7. The molecule has 0 aliphatic rings. The summed E-state index contributed by atoms with van der Waals surface area (Å²) in [5.74, 6) is -0.0382. The Morgan fingerprint density at radius 3 is 2.52 bits per heavy atom. The van der Waals surface area contributed by atoms with Gasteiger partial charge in [0, 0.05) is 26.3 Å². The van der Waals surface area contributed by atoms with Crippen LogP contribution in [0.4, 0.5) is 0 Å². The summed E-state index contributed by atoms with van der Waals surface area (Å²) < 4.78 is 33.0.